The molecule has 0 saturated heterocycles. The van der Waals surface area contributed by atoms with Crippen molar-refractivity contribution >= 4 is 27.6 Å². The number of aromatic nitrogens is 2. The van der Waals surface area contributed by atoms with Crippen LogP contribution in [-0.4, -0.2) is 34.3 Å². The van der Waals surface area contributed by atoms with Crippen molar-refractivity contribution in [3.63, 3.8) is 0 Å². The summed E-state index contributed by atoms with van der Waals surface area (Å²) in [5.41, 5.74) is 2.99. The molecule has 2 aromatic rings. The van der Waals surface area contributed by atoms with Crippen LogP contribution in [0, 0.1) is 17.2 Å². The van der Waals surface area contributed by atoms with Crippen LogP contribution in [0.15, 0.2) is 28.1 Å². The van der Waals surface area contributed by atoms with Gasteiger partial charge in [0.25, 0.3) is 0 Å². The number of aliphatic imine (C=N–C) groups is 1. The lowest BCUT2D eigenvalue weighted by Crippen LogP contribution is -2.27. The Hall–Kier alpha value is -2.70. The summed E-state index contributed by atoms with van der Waals surface area (Å²) in [6.45, 7) is 3.49. The molecule has 0 spiro atoms. The van der Waals surface area contributed by atoms with Crippen molar-refractivity contribution in [1.82, 2.24) is 9.78 Å². The van der Waals surface area contributed by atoms with Gasteiger partial charge in [-0.3, -0.25) is 9.67 Å². The highest BCUT2D eigenvalue weighted by Crippen LogP contribution is 2.45. The summed E-state index contributed by atoms with van der Waals surface area (Å²) < 4.78 is 26.5. The van der Waals surface area contributed by atoms with Gasteiger partial charge in [-0.05, 0) is 62.8 Å². The smallest absolute Gasteiger partial charge is 0.184 e. The molecule has 2 aliphatic heterocycles. The van der Waals surface area contributed by atoms with E-state index in [0.29, 0.717) is 47.1 Å². The maximum absolute atomic E-state index is 12.7. The van der Waals surface area contributed by atoms with E-state index in [2.05, 4.69) is 16.4 Å². The van der Waals surface area contributed by atoms with Crippen molar-refractivity contribution in [3.8, 4) is 6.07 Å². The monoisotopic (exact) mass is 439 g/mol. The minimum Gasteiger partial charge on any atom is -0.368 e. The zero-order chi connectivity index (χ0) is 22.0. The molecule has 1 aromatic heterocycles. The molecule has 1 saturated carbocycles. The first-order valence-electron chi connectivity index (χ1n) is 10.6. The normalized spacial score (nSPS) is 23.6. The molecule has 2 N–H and O–H groups in total. The molecule has 3 aliphatic rings. The Morgan fingerprint density at radius 2 is 2.16 bits per heavy atom. The molecule has 31 heavy (non-hydrogen) atoms. The molecular formula is C22H25N5O3S. The SMILES string of the molecule is CC1(C)Cc2cc(Nc3nn(C(CC#N)C4CC4)c4c3C(O)N=CC4)ccc2S1(=O)=O. The van der Waals surface area contributed by atoms with Gasteiger partial charge in [-0.2, -0.15) is 10.4 Å². The van der Waals surface area contributed by atoms with E-state index in [9.17, 15) is 18.8 Å². The van der Waals surface area contributed by atoms with Crippen molar-refractivity contribution in [2.24, 2.45) is 10.9 Å². The molecule has 0 radical (unpaired) electrons. The highest BCUT2D eigenvalue weighted by molar-refractivity contribution is 7.93. The van der Waals surface area contributed by atoms with Crippen LogP contribution in [-0.2, 0) is 22.7 Å². The van der Waals surface area contributed by atoms with Crippen molar-refractivity contribution in [2.45, 2.75) is 67.9 Å². The lowest BCUT2D eigenvalue weighted by Gasteiger charge is -2.19. The highest BCUT2D eigenvalue weighted by Gasteiger charge is 2.44. The van der Waals surface area contributed by atoms with Gasteiger partial charge < -0.3 is 10.4 Å². The Morgan fingerprint density at radius 3 is 2.87 bits per heavy atom. The van der Waals surface area contributed by atoms with Crippen molar-refractivity contribution in [3.05, 3.63) is 35.0 Å². The first-order chi connectivity index (χ1) is 14.7. The minimum absolute atomic E-state index is 0.0148. The Bertz CT molecular complexity index is 1230. The minimum atomic E-state index is -3.35. The summed E-state index contributed by atoms with van der Waals surface area (Å²) in [5.74, 6) is 0.933. The average molecular weight is 440 g/mol. The second kappa shape index (κ2) is 6.90. The first-order valence-corrected chi connectivity index (χ1v) is 12.0. The molecule has 2 atom stereocenters. The summed E-state index contributed by atoms with van der Waals surface area (Å²) in [6.07, 6.45) is 4.20. The van der Waals surface area contributed by atoms with Crippen molar-refractivity contribution in [2.75, 3.05) is 5.32 Å². The molecule has 162 valence electrons. The number of hydrogen-bond donors (Lipinski definition) is 2. The van der Waals surface area contributed by atoms with Crippen LogP contribution in [0.4, 0.5) is 11.5 Å². The lowest BCUT2D eigenvalue weighted by atomic mass is 10.0. The third kappa shape index (κ3) is 3.17. The Labute approximate surface area is 181 Å². The van der Waals surface area contributed by atoms with Gasteiger partial charge in [0, 0.05) is 18.3 Å². The quantitative estimate of drug-likeness (QED) is 0.738. The standard InChI is InChI=1S/C22H25N5O3S/c1-22(2)12-14-11-15(5-6-18(14)31(22,29)30)25-20-19-17(8-10-24-21(19)28)27(26-20)16(7-9-23)13-3-4-13/h5-6,10-11,13,16,21,28H,3-4,7-8,12H2,1-2H3,(H,25,26). The number of anilines is 2. The van der Waals surface area contributed by atoms with Gasteiger partial charge >= 0.3 is 0 Å². The third-order valence-electron chi connectivity index (χ3n) is 6.58. The summed E-state index contributed by atoms with van der Waals surface area (Å²) in [6, 6.07) is 7.48. The molecule has 5 rings (SSSR count). The topological polar surface area (TPSA) is 120 Å². The van der Waals surface area contributed by atoms with Crippen LogP contribution in [0.5, 0.6) is 0 Å². The largest absolute Gasteiger partial charge is 0.368 e. The first kappa shape index (κ1) is 20.2. The Morgan fingerprint density at radius 1 is 1.39 bits per heavy atom. The van der Waals surface area contributed by atoms with Crippen LogP contribution in [0.3, 0.4) is 0 Å². The fraction of sp³-hybridized carbons (Fsp3) is 0.500. The summed E-state index contributed by atoms with van der Waals surface area (Å²) in [7, 11) is -3.35. The maximum atomic E-state index is 12.7. The molecule has 0 amide bonds. The van der Waals surface area contributed by atoms with Gasteiger partial charge in [0.1, 0.15) is 0 Å². The van der Waals surface area contributed by atoms with E-state index in [1.165, 1.54) is 0 Å². The number of fused-ring (bicyclic) bond motifs is 2. The van der Waals surface area contributed by atoms with Gasteiger partial charge in [-0.25, -0.2) is 8.42 Å². The average Bonchev–Trinajstić information content (AvgIpc) is 3.45. The molecular weight excluding hydrogens is 414 g/mol. The summed E-state index contributed by atoms with van der Waals surface area (Å²) >= 11 is 0. The van der Waals surface area contributed by atoms with E-state index in [-0.39, 0.29) is 6.04 Å². The number of benzene rings is 1. The zero-order valence-electron chi connectivity index (χ0n) is 17.5. The number of nitriles is 1. The summed E-state index contributed by atoms with van der Waals surface area (Å²) in [5, 5.41) is 27.9. The van der Waals surface area contributed by atoms with E-state index in [1.54, 1.807) is 32.2 Å². The molecule has 1 aliphatic carbocycles. The molecule has 1 aromatic carbocycles. The van der Waals surface area contributed by atoms with E-state index in [4.69, 9.17) is 5.10 Å². The number of nitrogens with zero attached hydrogens (tertiary/aromatic N) is 4. The second-order valence-electron chi connectivity index (χ2n) is 9.22. The van der Waals surface area contributed by atoms with Gasteiger partial charge in [-0.15, -0.1) is 0 Å². The van der Waals surface area contributed by atoms with Gasteiger partial charge in [0.05, 0.1) is 39.4 Å². The zero-order valence-corrected chi connectivity index (χ0v) is 18.4. The number of rotatable bonds is 5. The van der Waals surface area contributed by atoms with E-state index >= 15 is 0 Å². The Kier molecular flexibility index (Phi) is 4.50. The molecule has 9 heteroatoms. The van der Waals surface area contributed by atoms with Gasteiger partial charge in [0.2, 0.25) is 0 Å². The predicted molar refractivity (Wildman–Crippen MR) is 116 cm³/mol. The van der Waals surface area contributed by atoms with E-state index in [1.807, 2.05) is 10.7 Å². The number of sulfone groups is 1. The van der Waals surface area contributed by atoms with E-state index in [0.717, 1.165) is 24.1 Å². The van der Waals surface area contributed by atoms with Gasteiger partial charge in [0.15, 0.2) is 21.9 Å². The number of nitrogens with one attached hydrogen (secondary N) is 1. The highest BCUT2D eigenvalue weighted by atomic mass is 32.2. The molecule has 0 bridgehead atoms. The molecule has 3 heterocycles. The third-order valence-corrected chi connectivity index (χ3v) is 9.15. The Balaban J connectivity index is 1.53. The number of aliphatic hydroxyl groups is 1. The molecule has 8 nitrogen and oxygen atoms in total. The van der Waals surface area contributed by atoms with Crippen LogP contribution >= 0.6 is 0 Å². The van der Waals surface area contributed by atoms with Gasteiger partial charge in [-0.1, -0.05) is 0 Å². The van der Waals surface area contributed by atoms with Crippen molar-refractivity contribution < 1.29 is 13.5 Å². The van der Waals surface area contributed by atoms with Crippen molar-refractivity contribution in [1.29, 1.82) is 5.26 Å². The second-order valence-corrected chi connectivity index (χ2v) is 11.8. The maximum Gasteiger partial charge on any atom is 0.184 e. The van der Waals surface area contributed by atoms with E-state index < -0.39 is 20.8 Å². The fourth-order valence-electron chi connectivity index (χ4n) is 4.71. The predicted octanol–water partition coefficient (Wildman–Crippen LogP) is 3.22. The number of aliphatic hydroxyl groups excluding tert-OH is 1. The van der Waals surface area contributed by atoms with Crippen LogP contribution in [0.2, 0.25) is 0 Å². The molecule has 2 unspecified atom stereocenters. The van der Waals surface area contributed by atoms with Crippen LogP contribution in [0.1, 0.15) is 62.2 Å². The van der Waals surface area contributed by atoms with Crippen LogP contribution in [0.25, 0.3) is 0 Å². The fourth-order valence-corrected chi connectivity index (χ4v) is 6.37. The number of hydrogen-bond acceptors (Lipinski definition) is 7. The van der Waals surface area contributed by atoms with Crippen LogP contribution < -0.4 is 5.32 Å². The summed E-state index contributed by atoms with van der Waals surface area (Å²) in [4.78, 5) is 4.52. The lowest BCUT2D eigenvalue weighted by molar-refractivity contribution is 0.186. The molecule has 1 fully saturated rings.